The third-order valence-corrected chi connectivity index (χ3v) is 3.61. The Hall–Kier alpha value is -0.650. The first kappa shape index (κ1) is 15.4. The van der Waals surface area contributed by atoms with Gasteiger partial charge in [-0.15, -0.1) is 0 Å². The number of rotatable bonds is 6. The molecule has 1 atom stereocenters. The Bertz CT molecular complexity index is 261. The van der Waals surface area contributed by atoms with Crippen LogP contribution in [0.2, 0.25) is 0 Å². The Kier molecular flexibility index (Phi) is 6.05. The monoisotopic (exact) mass is 258 g/mol. The molecule has 1 aliphatic heterocycles. The topological polar surface area (TPSA) is 61.8 Å². The van der Waals surface area contributed by atoms with Gasteiger partial charge in [0.25, 0.3) is 0 Å². The molecular formula is C13H26N2O3. The van der Waals surface area contributed by atoms with Crippen molar-refractivity contribution >= 4 is 5.91 Å². The van der Waals surface area contributed by atoms with Gasteiger partial charge in [-0.1, -0.05) is 0 Å². The highest BCUT2D eigenvalue weighted by atomic mass is 16.5. The van der Waals surface area contributed by atoms with Crippen LogP contribution in [0, 0.1) is 0 Å². The molecule has 1 aliphatic rings. The minimum absolute atomic E-state index is 0.0932. The van der Waals surface area contributed by atoms with Gasteiger partial charge in [0.05, 0.1) is 11.6 Å². The largest absolute Gasteiger partial charge is 0.388 e. The number of aliphatic hydroxyl groups is 1. The Labute approximate surface area is 109 Å². The summed E-state index contributed by atoms with van der Waals surface area (Å²) in [7, 11) is 0. The van der Waals surface area contributed by atoms with E-state index in [2.05, 4.69) is 5.32 Å². The highest BCUT2D eigenvalue weighted by Gasteiger charge is 2.30. The van der Waals surface area contributed by atoms with Gasteiger partial charge in [0.2, 0.25) is 5.91 Å². The van der Waals surface area contributed by atoms with Crippen molar-refractivity contribution in [2.45, 2.75) is 45.3 Å². The number of hydrogen-bond acceptors (Lipinski definition) is 4. The Balaban J connectivity index is 2.39. The number of hydrogen-bond donors (Lipinski definition) is 2. The first-order valence-corrected chi connectivity index (χ1v) is 6.84. The molecule has 18 heavy (non-hydrogen) atoms. The first-order chi connectivity index (χ1) is 8.52. The van der Waals surface area contributed by atoms with Gasteiger partial charge in [-0.2, -0.15) is 0 Å². The molecule has 0 aromatic carbocycles. The van der Waals surface area contributed by atoms with E-state index in [1.807, 2.05) is 20.8 Å². The van der Waals surface area contributed by atoms with Crippen LogP contribution in [-0.4, -0.2) is 60.4 Å². The third-order valence-electron chi connectivity index (χ3n) is 3.61. The summed E-state index contributed by atoms with van der Waals surface area (Å²) in [4.78, 5) is 13.8. The maximum Gasteiger partial charge on any atom is 0.239 e. The summed E-state index contributed by atoms with van der Waals surface area (Å²) in [5.41, 5.74) is -0.726. The predicted octanol–water partition coefficient (Wildman–Crippen LogP) is 0.374. The minimum Gasteiger partial charge on any atom is -0.388 e. The van der Waals surface area contributed by atoms with Crippen LogP contribution in [0.15, 0.2) is 0 Å². The zero-order valence-corrected chi connectivity index (χ0v) is 11.7. The smallest absolute Gasteiger partial charge is 0.239 e. The second kappa shape index (κ2) is 7.07. The van der Waals surface area contributed by atoms with Crippen LogP contribution in [0.1, 0.15) is 33.6 Å². The van der Waals surface area contributed by atoms with E-state index < -0.39 is 5.60 Å². The van der Waals surface area contributed by atoms with E-state index in [4.69, 9.17) is 4.74 Å². The quantitative estimate of drug-likeness (QED) is 0.723. The standard InChI is InChI=1S/C13H26N2O3/c1-4-15(5-2)12(16)11(3)14-10-13(17)6-8-18-9-7-13/h11,14,17H,4-10H2,1-3H3. The molecule has 1 saturated heterocycles. The van der Waals surface area contributed by atoms with E-state index in [-0.39, 0.29) is 11.9 Å². The highest BCUT2D eigenvalue weighted by molar-refractivity contribution is 5.81. The van der Waals surface area contributed by atoms with Crippen molar-refractivity contribution in [3.05, 3.63) is 0 Å². The molecule has 1 fully saturated rings. The van der Waals surface area contributed by atoms with Crippen molar-refractivity contribution in [3.63, 3.8) is 0 Å². The molecule has 1 unspecified atom stereocenters. The van der Waals surface area contributed by atoms with E-state index in [9.17, 15) is 9.90 Å². The fraction of sp³-hybridized carbons (Fsp3) is 0.923. The summed E-state index contributed by atoms with van der Waals surface area (Å²) >= 11 is 0. The fourth-order valence-corrected chi connectivity index (χ4v) is 2.17. The molecular weight excluding hydrogens is 232 g/mol. The molecule has 0 aromatic heterocycles. The van der Waals surface area contributed by atoms with Gasteiger partial charge in [0, 0.05) is 45.7 Å². The second-order valence-corrected chi connectivity index (χ2v) is 4.95. The van der Waals surface area contributed by atoms with E-state index >= 15 is 0 Å². The molecule has 1 rings (SSSR count). The maximum absolute atomic E-state index is 12.0. The molecule has 0 bridgehead atoms. The lowest BCUT2D eigenvalue weighted by atomic mass is 9.94. The Morgan fingerprint density at radius 3 is 2.44 bits per heavy atom. The first-order valence-electron chi connectivity index (χ1n) is 6.84. The van der Waals surface area contributed by atoms with Crippen LogP contribution in [0.25, 0.3) is 0 Å². The summed E-state index contributed by atoms with van der Waals surface area (Å²) < 4.78 is 5.23. The van der Waals surface area contributed by atoms with Gasteiger partial charge in [0.15, 0.2) is 0 Å². The van der Waals surface area contributed by atoms with Crippen molar-refractivity contribution in [1.29, 1.82) is 0 Å². The van der Waals surface area contributed by atoms with Gasteiger partial charge in [-0.05, 0) is 20.8 Å². The molecule has 0 aromatic rings. The fourth-order valence-electron chi connectivity index (χ4n) is 2.17. The lowest BCUT2D eigenvalue weighted by Gasteiger charge is -2.33. The maximum atomic E-state index is 12.0. The zero-order chi connectivity index (χ0) is 13.6. The number of nitrogens with zero attached hydrogens (tertiary/aromatic N) is 1. The lowest BCUT2D eigenvalue weighted by Crippen LogP contribution is -2.51. The average Bonchev–Trinajstić information content (AvgIpc) is 2.38. The molecule has 0 spiro atoms. The van der Waals surface area contributed by atoms with Crippen molar-refractivity contribution in [2.24, 2.45) is 0 Å². The van der Waals surface area contributed by atoms with Crippen LogP contribution >= 0.6 is 0 Å². The van der Waals surface area contributed by atoms with Crippen molar-refractivity contribution in [1.82, 2.24) is 10.2 Å². The molecule has 1 heterocycles. The molecule has 1 amide bonds. The van der Waals surface area contributed by atoms with E-state index in [1.54, 1.807) is 4.90 Å². The summed E-state index contributed by atoms with van der Waals surface area (Å²) in [5, 5.41) is 13.4. The number of carbonyl (C=O) groups excluding carboxylic acids is 1. The van der Waals surface area contributed by atoms with Gasteiger partial charge >= 0.3 is 0 Å². The Morgan fingerprint density at radius 1 is 1.39 bits per heavy atom. The number of amides is 1. The van der Waals surface area contributed by atoms with E-state index in [0.29, 0.717) is 32.6 Å². The molecule has 5 nitrogen and oxygen atoms in total. The molecule has 0 saturated carbocycles. The number of carbonyl (C=O) groups is 1. The van der Waals surface area contributed by atoms with Crippen molar-refractivity contribution < 1.29 is 14.6 Å². The van der Waals surface area contributed by atoms with Crippen molar-refractivity contribution in [3.8, 4) is 0 Å². The number of likely N-dealkylation sites (N-methyl/N-ethyl adjacent to an activating group) is 1. The molecule has 0 radical (unpaired) electrons. The van der Waals surface area contributed by atoms with Gasteiger partial charge in [-0.25, -0.2) is 0 Å². The summed E-state index contributed by atoms with van der Waals surface area (Å²) in [6, 6.07) is -0.253. The zero-order valence-electron chi connectivity index (χ0n) is 11.7. The van der Waals surface area contributed by atoms with E-state index in [0.717, 1.165) is 13.1 Å². The molecule has 0 aliphatic carbocycles. The third kappa shape index (κ3) is 4.23. The molecule has 2 N–H and O–H groups in total. The average molecular weight is 258 g/mol. The normalized spacial score (nSPS) is 20.4. The van der Waals surface area contributed by atoms with Crippen LogP contribution in [0.4, 0.5) is 0 Å². The second-order valence-electron chi connectivity index (χ2n) is 4.95. The lowest BCUT2D eigenvalue weighted by molar-refractivity contribution is -0.133. The SMILES string of the molecule is CCN(CC)C(=O)C(C)NCC1(O)CCOCC1. The minimum atomic E-state index is -0.726. The molecule has 5 heteroatoms. The Morgan fingerprint density at radius 2 is 1.94 bits per heavy atom. The summed E-state index contributed by atoms with van der Waals surface area (Å²) in [6.45, 7) is 8.88. The van der Waals surface area contributed by atoms with E-state index in [1.165, 1.54) is 0 Å². The van der Waals surface area contributed by atoms with Crippen LogP contribution in [0.5, 0.6) is 0 Å². The highest BCUT2D eigenvalue weighted by Crippen LogP contribution is 2.19. The molecule has 106 valence electrons. The van der Waals surface area contributed by atoms with Crippen LogP contribution < -0.4 is 5.32 Å². The van der Waals surface area contributed by atoms with Crippen LogP contribution in [-0.2, 0) is 9.53 Å². The van der Waals surface area contributed by atoms with Gasteiger partial charge in [-0.3, -0.25) is 4.79 Å². The number of nitrogens with one attached hydrogen (secondary N) is 1. The summed E-state index contributed by atoms with van der Waals surface area (Å²) in [6.07, 6.45) is 1.26. The van der Waals surface area contributed by atoms with Crippen LogP contribution in [0.3, 0.4) is 0 Å². The van der Waals surface area contributed by atoms with Crippen molar-refractivity contribution in [2.75, 3.05) is 32.8 Å². The predicted molar refractivity (Wildman–Crippen MR) is 70.4 cm³/mol. The van der Waals surface area contributed by atoms with Gasteiger partial charge in [0.1, 0.15) is 0 Å². The summed E-state index contributed by atoms with van der Waals surface area (Å²) in [5.74, 6) is 0.0932. The van der Waals surface area contributed by atoms with Gasteiger partial charge < -0.3 is 20.1 Å². The number of ether oxygens (including phenoxy) is 1.